The molecule has 0 aliphatic rings. The zero-order valence-corrected chi connectivity index (χ0v) is 7.58. The Kier molecular flexibility index (Phi) is 4.29. The summed E-state index contributed by atoms with van der Waals surface area (Å²) in [5, 5.41) is 10.1. The number of hydrogen-bond donors (Lipinski definition) is 0. The number of hydrogen-bond acceptors (Lipinski definition) is 3. The van der Waals surface area contributed by atoms with Crippen molar-refractivity contribution in [3.8, 4) is 0 Å². The summed E-state index contributed by atoms with van der Waals surface area (Å²) in [6.07, 6.45) is 0. The van der Waals surface area contributed by atoms with E-state index in [-0.39, 0.29) is 28.1 Å². The van der Waals surface area contributed by atoms with Gasteiger partial charge in [-0.3, -0.25) is 10.1 Å². The van der Waals surface area contributed by atoms with Crippen LogP contribution in [0.25, 0.3) is 0 Å². The summed E-state index contributed by atoms with van der Waals surface area (Å²) in [5.74, 6) is 0. The van der Waals surface area contributed by atoms with Gasteiger partial charge >= 0.3 is 22.4 Å². The number of rotatable bonds is 1. The molecule has 0 unspecified atom stereocenters. The SMILES string of the molecule is O=[N+]([O-])c1ccc([S-])cc1.[Ag+]. The van der Waals surface area contributed by atoms with Crippen molar-refractivity contribution in [2.24, 2.45) is 0 Å². The van der Waals surface area contributed by atoms with Gasteiger partial charge in [-0.2, -0.15) is 4.90 Å². The monoisotopic (exact) mass is 261 g/mol. The van der Waals surface area contributed by atoms with E-state index in [0.29, 0.717) is 4.90 Å². The van der Waals surface area contributed by atoms with Crippen LogP contribution in [-0.2, 0) is 35.0 Å². The molecule has 3 nitrogen and oxygen atoms in total. The van der Waals surface area contributed by atoms with Gasteiger partial charge in [-0.15, -0.1) is 0 Å². The molecule has 0 aliphatic heterocycles. The van der Waals surface area contributed by atoms with Crippen LogP contribution in [-0.4, -0.2) is 4.92 Å². The minimum absolute atomic E-state index is 0. The molecule has 0 amide bonds. The van der Waals surface area contributed by atoms with E-state index in [1.54, 1.807) is 0 Å². The van der Waals surface area contributed by atoms with Gasteiger partial charge in [-0.05, 0) is 0 Å². The van der Waals surface area contributed by atoms with E-state index >= 15 is 0 Å². The van der Waals surface area contributed by atoms with Crippen molar-refractivity contribution in [1.29, 1.82) is 0 Å². The zero-order chi connectivity index (χ0) is 7.56. The van der Waals surface area contributed by atoms with E-state index in [1.807, 2.05) is 0 Å². The minimum atomic E-state index is -0.450. The summed E-state index contributed by atoms with van der Waals surface area (Å²) < 4.78 is 0. The van der Waals surface area contributed by atoms with Gasteiger partial charge < -0.3 is 12.6 Å². The summed E-state index contributed by atoms with van der Waals surface area (Å²) >= 11 is 4.74. The molecule has 0 fully saturated rings. The maximum absolute atomic E-state index is 10.1. The van der Waals surface area contributed by atoms with Crippen LogP contribution >= 0.6 is 0 Å². The first-order valence-corrected chi connectivity index (χ1v) is 3.02. The summed E-state index contributed by atoms with van der Waals surface area (Å²) in [6, 6.07) is 5.85. The Balaban J connectivity index is 0.000001000. The maximum Gasteiger partial charge on any atom is 1.00 e. The molecule has 1 aromatic rings. The Morgan fingerprint density at radius 3 is 2.09 bits per heavy atom. The van der Waals surface area contributed by atoms with Gasteiger partial charge in [0.2, 0.25) is 0 Å². The Labute approximate surface area is 84.9 Å². The second kappa shape index (κ2) is 4.46. The molecule has 0 radical (unpaired) electrons. The maximum atomic E-state index is 10.1. The van der Waals surface area contributed by atoms with Crippen molar-refractivity contribution >= 4 is 18.3 Å². The third-order valence-corrected chi connectivity index (χ3v) is 1.32. The van der Waals surface area contributed by atoms with Crippen molar-refractivity contribution < 1.29 is 27.3 Å². The first kappa shape index (κ1) is 10.6. The predicted octanol–water partition coefficient (Wildman–Crippen LogP) is 1.50. The molecular formula is C6H4AgNO2S. The molecule has 0 bridgehead atoms. The molecule has 0 saturated heterocycles. The van der Waals surface area contributed by atoms with Crippen molar-refractivity contribution in [2.75, 3.05) is 0 Å². The van der Waals surface area contributed by atoms with Gasteiger partial charge in [0.1, 0.15) is 0 Å². The van der Waals surface area contributed by atoms with Crippen LogP contribution in [0.2, 0.25) is 0 Å². The van der Waals surface area contributed by atoms with Crippen LogP contribution in [0.1, 0.15) is 0 Å². The quantitative estimate of drug-likeness (QED) is 0.333. The Morgan fingerprint density at radius 1 is 1.27 bits per heavy atom. The standard InChI is InChI=1S/C6H5NO2S.Ag/c8-7(9)5-1-3-6(10)4-2-5;/h1-4,10H;/q;+1/p-1. The average Bonchev–Trinajstić information content (AvgIpc) is 1.88. The molecule has 1 rings (SSSR count). The summed E-state index contributed by atoms with van der Waals surface area (Å²) in [5.41, 5.74) is 0.0774. The topological polar surface area (TPSA) is 43.1 Å². The summed E-state index contributed by atoms with van der Waals surface area (Å²) in [4.78, 5) is 10.3. The molecule has 0 aromatic heterocycles. The predicted molar refractivity (Wildman–Crippen MR) is 38.7 cm³/mol. The summed E-state index contributed by atoms with van der Waals surface area (Å²) in [7, 11) is 0. The molecular weight excluding hydrogens is 258 g/mol. The molecule has 0 atom stereocenters. The van der Waals surface area contributed by atoms with Crippen molar-refractivity contribution in [2.45, 2.75) is 4.90 Å². The van der Waals surface area contributed by atoms with Crippen LogP contribution in [0.5, 0.6) is 0 Å². The Hall–Kier alpha value is -0.420. The summed E-state index contributed by atoms with van der Waals surface area (Å²) in [6.45, 7) is 0. The van der Waals surface area contributed by atoms with Crippen LogP contribution in [0, 0.1) is 10.1 Å². The normalized spacial score (nSPS) is 8.36. The smallest absolute Gasteiger partial charge is 0.780 e. The number of nitro groups is 1. The van der Waals surface area contributed by atoms with E-state index < -0.39 is 4.92 Å². The Morgan fingerprint density at radius 2 is 1.73 bits per heavy atom. The fraction of sp³-hybridized carbons (Fsp3) is 0. The molecule has 0 heterocycles. The second-order valence-corrected chi connectivity index (χ2v) is 2.22. The largest absolute Gasteiger partial charge is 1.00 e. The zero-order valence-electron chi connectivity index (χ0n) is 5.28. The average molecular weight is 262 g/mol. The van der Waals surface area contributed by atoms with Crippen molar-refractivity contribution in [3.63, 3.8) is 0 Å². The molecule has 5 heteroatoms. The second-order valence-electron chi connectivity index (χ2n) is 1.75. The molecule has 0 N–H and O–H groups in total. The van der Waals surface area contributed by atoms with Gasteiger partial charge in [-0.25, -0.2) is 0 Å². The van der Waals surface area contributed by atoms with E-state index in [9.17, 15) is 10.1 Å². The van der Waals surface area contributed by atoms with Gasteiger partial charge in [0.05, 0.1) is 4.92 Å². The Bertz CT molecular complexity index is 249. The fourth-order valence-electron chi connectivity index (χ4n) is 0.568. The minimum Gasteiger partial charge on any atom is -0.780 e. The van der Waals surface area contributed by atoms with Crippen LogP contribution < -0.4 is 0 Å². The first-order valence-electron chi connectivity index (χ1n) is 2.61. The van der Waals surface area contributed by atoms with E-state index in [0.717, 1.165) is 0 Å². The first-order chi connectivity index (χ1) is 4.70. The van der Waals surface area contributed by atoms with Gasteiger partial charge in [0, 0.05) is 12.1 Å². The molecule has 0 aliphatic carbocycles. The number of benzene rings is 1. The van der Waals surface area contributed by atoms with Gasteiger partial charge in [0.15, 0.2) is 0 Å². The van der Waals surface area contributed by atoms with Crippen LogP contribution in [0.3, 0.4) is 0 Å². The fourth-order valence-corrected chi connectivity index (χ4v) is 0.704. The number of nitro benzene ring substituents is 1. The van der Waals surface area contributed by atoms with Crippen LogP contribution in [0.15, 0.2) is 29.2 Å². The third-order valence-electron chi connectivity index (χ3n) is 1.05. The van der Waals surface area contributed by atoms with Crippen molar-refractivity contribution in [3.05, 3.63) is 34.4 Å². The van der Waals surface area contributed by atoms with E-state index in [2.05, 4.69) is 0 Å². The van der Waals surface area contributed by atoms with Gasteiger partial charge in [0.25, 0.3) is 5.69 Å². The number of nitrogens with zero attached hydrogens (tertiary/aromatic N) is 1. The molecule has 62 valence electrons. The number of non-ortho nitro benzene ring substituents is 1. The molecule has 0 saturated carbocycles. The molecule has 0 spiro atoms. The van der Waals surface area contributed by atoms with Crippen molar-refractivity contribution in [1.82, 2.24) is 0 Å². The molecule has 1 aromatic carbocycles. The third kappa shape index (κ3) is 2.98. The molecule has 11 heavy (non-hydrogen) atoms. The van der Waals surface area contributed by atoms with E-state index in [4.69, 9.17) is 12.6 Å². The van der Waals surface area contributed by atoms with Gasteiger partial charge in [-0.1, -0.05) is 12.1 Å². The van der Waals surface area contributed by atoms with E-state index in [1.165, 1.54) is 24.3 Å². The van der Waals surface area contributed by atoms with Crippen LogP contribution in [0.4, 0.5) is 5.69 Å².